The Morgan fingerprint density at radius 3 is 2.44 bits per heavy atom. The van der Waals surface area contributed by atoms with Gasteiger partial charge in [0, 0.05) is 27.5 Å². The molecule has 3 heterocycles. The molecule has 4 rings (SSSR count). The van der Waals surface area contributed by atoms with Gasteiger partial charge < -0.3 is 9.47 Å². The van der Waals surface area contributed by atoms with Crippen LogP contribution in [-0.4, -0.2) is 45.4 Å². The fourth-order valence-corrected chi connectivity index (χ4v) is 6.61. The second kappa shape index (κ2) is 9.45. The third-order valence-electron chi connectivity index (χ3n) is 5.22. The molecule has 3 aromatic heterocycles. The van der Waals surface area contributed by atoms with Crippen LogP contribution in [0, 0.1) is 12.7 Å². The maximum absolute atomic E-state index is 15.1. The molecule has 0 radical (unpaired) electrons. The van der Waals surface area contributed by atoms with E-state index in [-0.39, 0.29) is 16.5 Å². The molecule has 4 aromatic rings. The van der Waals surface area contributed by atoms with E-state index >= 15 is 4.39 Å². The predicted octanol–water partition coefficient (Wildman–Crippen LogP) is 4.63. The molecule has 1 aromatic carbocycles. The molecule has 1 unspecified atom stereocenters. The number of aryl methyl sites for hydroxylation is 1. The van der Waals surface area contributed by atoms with Gasteiger partial charge in [0.15, 0.2) is 16.6 Å². The van der Waals surface area contributed by atoms with Gasteiger partial charge in [-0.3, -0.25) is 13.3 Å². The van der Waals surface area contributed by atoms with Crippen LogP contribution in [0.1, 0.15) is 25.6 Å². The van der Waals surface area contributed by atoms with Crippen molar-refractivity contribution in [3.8, 4) is 22.8 Å². The molecule has 0 aliphatic rings. The van der Waals surface area contributed by atoms with Crippen molar-refractivity contribution in [2.24, 2.45) is 0 Å². The summed E-state index contributed by atoms with van der Waals surface area (Å²) < 4.78 is 72.0. The number of pyridine rings is 1. The molecule has 192 valence electrons. The number of imidazole rings is 1. The van der Waals surface area contributed by atoms with Gasteiger partial charge in [0.2, 0.25) is 0 Å². The summed E-state index contributed by atoms with van der Waals surface area (Å²) in [6.45, 7) is 7.28. The van der Waals surface area contributed by atoms with Gasteiger partial charge in [0.1, 0.15) is 11.4 Å². The van der Waals surface area contributed by atoms with Crippen molar-refractivity contribution < 1.29 is 26.5 Å². The van der Waals surface area contributed by atoms with E-state index in [4.69, 9.17) is 9.47 Å². The molecule has 1 atom stereocenters. The van der Waals surface area contributed by atoms with E-state index in [0.29, 0.717) is 32.4 Å². The number of hydrogen-bond acceptors (Lipinski definition) is 8. The van der Waals surface area contributed by atoms with Crippen molar-refractivity contribution >= 4 is 43.7 Å². The van der Waals surface area contributed by atoms with Crippen molar-refractivity contribution in [1.82, 2.24) is 13.8 Å². The molecular weight excluding hydrogens is 527 g/mol. The Hall–Kier alpha value is -3.03. The average Bonchev–Trinajstić information content (AvgIpc) is 3.43. The molecule has 13 heteroatoms. The van der Waals surface area contributed by atoms with Crippen LogP contribution in [0.25, 0.3) is 16.9 Å². The fourth-order valence-electron chi connectivity index (χ4n) is 3.52. The van der Waals surface area contributed by atoms with Crippen LogP contribution in [0.3, 0.4) is 0 Å². The Kier molecular flexibility index (Phi) is 6.84. The number of nitrogens with one attached hydrogen (secondary N) is 1. The lowest BCUT2D eigenvalue weighted by molar-refractivity contribution is 0.389. The van der Waals surface area contributed by atoms with Crippen LogP contribution in [0.2, 0.25) is 0 Å². The fraction of sp³-hybridized carbons (Fsp3) is 0.304. The van der Waals surface area contributed by atoms with Gasteiger partial charge in [-0.05, 0) is 57.4 Å². The number of halogens is 1. The zero-order valence-electron chi connectivity index (χ0n) is 20.4. The van der Waals surface area contributed by atoms with E-state index in [2.05, 4.69) is 14.1 Å². The lowest BCUT2D eigenvalue weighted by atomic mass is 10.1. The lowest BCUT2D eigenvalue weighted by Crippen LogP contribution is -2.22. The van der Waals surface area contributed by atoms with Gasteiger partial charge in [-0.1, -0.05) is 0 Å². The number of sulfonamides is 1. The second-order valence-corrected chi connectivity index (χ2v) is 13.7. The highest BCUT2D eigenvalue weighted by Gasteiger charge is 2.27. The Labute approximate surface area is 215 Å². The van der Waals surface area contributed by atoms with Gasteiger partial charge in [-0.2, -0.15) is 12.8 Å². The number of aromatic nitrogens is 3. The van der Waals surface area contributed by atoms with Crippen molar-refractivity contribution in [3.63, 3.8) is 0 Å². The lowest BCUT2D eigenvalue weighted by Gasteiger charge is -2.20. The van der Waals surface area contributed by atoms with Crippen LogP contribution in [0.4, 0.5) is 10.1 Å². The number of fused-ring (bicyclic) bond motifs is 1. The highest BCUT2D eigenvalue weighted by atomic mass is 32.2. The van der Waals surface area contributed by atoms with Crippen LogP contribution in [0.15, 0.2) is 46.6 Å². The average molecular weight is 553 g/mol. The predicted molar refractivity (Wildman–Crippen MR) is 138 cm³/mol. The Morgan fingerprint density at radius 2 is 1.86 bits per heavy atom. The van der Waals surface area contributed by atoms with Gasteiger partial charge in [0.25, 0.3) is 10.0 Å². The molecule has 0 saturated carbocycles. The monoisotopic (exact) mass is 552 g/mol. The van der Waals surface area contributed by atoms with Crippen molar-refractivity contribution in [1.29, 1.82) is 0 Å². The minimum absolute atomic E-state index is 0.0971. The molecule has 0 spiro atoms. The van der Waals surface area contributed by atoms with Crippen LogP contribution in [-0.2, 0) is 20.8 Å². The molecule has 0 fully saturated rings. The topological polar surface area (TPSA) is 112 Å². The standard InChI is InChI=1S/C23H25FN4O5S3/c1-13-7-21(26-34-13)36(30,31)27-16-9-14(8-15(24)22(16)33-6)17-11-25-20-10-18(32-5)19(12-28(17)20)35(29)23(2,3)4/h7-12,27H,1-6H3. The highest BCUT2D eigenvalue weighted by Crippen LogP contribution is 2.37. The minimum atomic E-state index is -4.09. The molecular formula is C23H25FN4O5S3. The molecule has 0 amide bonds. The molecule has 9 nitrogen and oxygen atoms in total. The molecule has 0 bridgehead atoms. The number of anilines is 1. The summed E-state index contributed by atoms with van der Waals surface area (Å²) >= 11 is 1.04. The van der Waals surface area contributed by atoms with Gasteiger partial charge in [-0.25, -0.2) is 9.37 Å². The Balaban J connectivity index is 1.87. The van der Waals surface area contributed by atoms with Crippen molar-refractivity contribution in [2.45, 2.75) is 42.4 Å². The molecule has 36 heavy (non-hydrogen) atoms. The van der Waals surface area contributed by atoms with Crippen LogP contribution in [0.5, 0.6) is 11.5 Å². The first-order chi connectivity index (χ1) is 16.9. The summed E-state index contributed by atoms with van der Waals surface area (Å²) in [5.41, 5.74) is 1.16. The summed E-state index contributed by atoms with van der Waals surface area (Å²) in [7, 11) is -2.78. The number of ether oxygens (including phenoxy) is 2. The van der Waals surface area contributed by atoms with E-state index < -0.39 is 31.4 Å². The van der Waals surface area contributed by atoms with Crippen LogP contribution >= 0.6 is 11.5 Å². The van der Waals surface area contributed by atoms with Gasteiger partial charge in [0.05, 0.1) is 47.5 Å². The van der Waals surface area contributed by atoms with E-state index in [9.17, 15) is 12.6 Å². The minimum Gasteiger partial charge on any atom is -0.495 e. The molecule has 0 aliphatic heterocycles. The zero-order chi connectivity index (χ0) is 26.4. The van der Waals surface area contributed by atoms with Crippen molar-refractivity contribution in [2.75, 3.05) is 18.9 Å². The van der Waals surface area contributed by atoms with E-state index in [1.165, 1.54) is 38.6 Å². The first kappa shape index (κ1) is 26.0. The van der Waals surface area contributed by atoms with Crippen LogP contribution < -0.4 is 14.2 Å². The van der Waals surface area contributed by atoms with Crippen molar-refractivity contribution in [3.05, 3.63) is 47.4 Å². The Bertz CT molecular complexity index is 1590. The number of hydrogen-bond donors (Lipinski definition) is 1. The molecule has 1 N–H and O–H groups in total. The number of benzene rings is 1. The summed E-state index contributed by atoms with van der Waals surface area (Å²) in [6, 6.07) is 5.75. The summed E-state index contributed by atoms with van der Waals surface area (Å²) in [6.07, 6.45) is 3.16. The van der Waals surface area contributed by atoms with E-state index in [0.717, 1.165) is 11.5 Å². The summed E-state index contributed by atoms with van der Waals surface area (Å²) in [4.78, 5) is 5.54. The maximum Gasteiger partial charge on any atom is 0.280 e. The summed E-state index contributed by atoms with van der Waals surface area (Å²) in [5, 5.41) is -0.172. The quantitative estimate of drug-likeness (QED) is 0.356. The smallest absolute Gasteiger partial charge is 0.280 e. The van der Waals surface area contributed by atoms with E-state index in [1.54, 1.807) is 23.6 Å². The number of rotatable bonds is 7. The zero-order valence-corrected chi connectivity index (χ0v) is 22.9. The van der Waals surface area contributed by atoms with Gasteiger partial charge >= 0.3 is 0 Å². The molecule has 0 aliphatic carbocycles. The number of methoxy groups -OCH3 is 2. The second-order valence-electron chi connectivity index (χ2n) is 8.88. The highest BCUT2D eigenvalue weighted by molar-refractivity contribution is 7.92. The maximum atomic E-state index is 15.1. The first-order valence-electron chi connectivity index (χ1n) is 10.7. The Morgan fingerprint density at radius 1 is 1.14 bits per heavy atom. The number of nitrogens with zero attached hydrogens (tertiary/aromatic N) is 3. The third kappa shape index (κ3) is 4.82. The summed E-state index contributed by atoms with van der Waals surface area (Å²) in [5.74, 6) is -0.621. The third-order valence-corrected chi connectivity index (χ3v) is 9.10. The SMILES string of the molecule is COc1cc2ncc(-c3cc(F)c(OC)c(NS(=O)(=O)c4cc(C)sn4)c3)n2cc1S(=O)C(C)(C)C. The first-order valence-corrected chi connectivity index (χ1v) is 14.1. The van der Waals surface area contributed by atoms with E-state index in [1.807, 2.05) is 20.8 Å². The molecule has 0 saturated heterocycles. The largest absolute Gasteiger partial charge is 0.495 e. The normalized spacial score (nSPS) is 13.1. The van der Waals surface area contributed by atoms with Gasteiger partial charge in [-0.15, -0.1) is 0 Å².